The van der Waals surface area contributed by atoms with Gasteiger partial charge in [-0.15, -0.1) is 0 Å². The van der Waals surface area contributed by atoms with E-state index in [1.165, 1.54) is 48.0 Å². The van der Waals surface area contributed by atoms with Gasteiger partial charge < -0.3 is 15.0 Å². The minimum absolute atomic E-state index is 0.130. The Hall–Kier alpha value is -4.98. The van der Waals surface area contributed by atoms with Crippen LogP contribution in [0.5, 0.6) is 0 Å². The lowest BCUT2D eigenvalue weighted by molar-refractivity contribution is -0.202. The van der Waals surface area contributed by atoms with Gasteiger partial charge in [0.2, 0.25) is 0 Å². The molecule has 3 aromatic carbocycles. The van der Waals surface area contributed by atoms with Crippen LogP contribution in [0.4, 0.5) is 23.2 Å². The van der Waals surface area contributed by atoms with Crippen molar-refractivity contribution in [2.75, 3.05) is 19.0 Å². The number of nitrogens with one attached hydrogen (secondary N) is 1. The molecule has 10 nitrogen and oxygen atoms in total. The summed E-state index contributed by atoms with van der Waals surface area (Å²) in [5.74, 6) is -6.91. The molecule has 0 aliphatic carbocycles. The van der Waals surface area contributed by atoms with Crippen molar-refractivity contribution in [1.82, 2.24) is 14.5 Å². The fraction of sp³-hybridized carbons (Fsp3) is 0.207. The van der Waals surface area contributed by atoms with Gasteiger partial charge in [-0.25, -0.2) is 23.3 Å². The van der Waals surface area contributed by atoms with Gasteiger partial charge in [0.25, 0.3) is 11.5 Å². The number of hydrogen-bond acceptors (Lipinski definition) is 7. The first-order valence-electron chi connectivity index (χ1n) is 12.7. The van der Waals surface area contributed by atoms with Crippen molar-refractivity contribution in [3.05, 3.63) is 103 Å². The summed E-state index contributed by atoms with van der Waals surface area (Å²) < 4.78 is 58.7. The van der Waals surface area contributed by atoms with E-state index in [0.29, 0.717) is 5.52 Å². The van der Waals surface area contributed by atoms with Gasteiger partial charge in [-0.05, 0) is 48.0 Å². The second-order valence-corrected chi connectivity index (χ2v) is 10.2. The van der Waals surface area contributed by atoms with Gasteiger partial charge in [0.05, 0.1) is 27.2 Å². The molecule has 230 valence electrons. The number of fused-ring (bicyclic) bond motifs is 1. The fourth-order valence-corrected chi connectivity index (χ4v) is 4.58. The Balaban J connectivity index is 1.69. The van der Waals surface area contributed by atoms with Crippen LogP contribution in [0.15, 0.2) is 70.3 Å². The maximum absolute atomic E-state index is 14.3. The van der Waals surface area contributed by atoms with Crippen molar-refractivity contribution in [1.29, 1.82) is 0 Å². The van der Waals surface area contributed by atoms with E-state index < -0.39 is 59.1 Å². The van der Waals surface area contributed by atoms with Crippen molar-refractivity contribution < 1.29 is 36.7 Å². The van der Waals surface area contributed by atoms with Gasteiger partial charge in [-0.2, -0.15) is 13.2 Å². The zero-order valence-corrected chi connectivity index (χ0v) is 24.0. The smallest absolute Gasteiger partial charge is 0.385 e. The third-order valence-corrected chi connectivity index (χ3v) is 6.92. The summed E-state index contributed by atoms with van der Waals surface area (Å²) >= 11 is 5.89. The minimum atomic E-state index is -5.51. The van der Waals surface area contributed by atoms with E-state index in [4.69, 9.17) is 11.6 Å². The molecule has 1 aromatic heterocycles. The third kappa shape index (κ3) is 6.49. The van der Waals surface area contributed by atoms with Crippen LogP contribution in [0.1, 0.15) is 15.9 Å². The van der Waals surface area contributed by atoms with Crippen LogP contribution in [-0.4, -0.2) is 53.3 Å². The molecule has 0 spiro atoms. The average Bonchev–Trinajstić information content (AvgIpc) is 2.95. The van der Waals surface area contributed by atoms with Crippen molar-refractivity contribution in [2.24, 2.45) is 7.05 Å². The number of rotatable bonds is 7. The quantitative estimate of drug-likeness (QED) is 0.188. The Labute approximate surface area is 251 Å². The molecule has 15 heteroatoms. The first-order valence-corrected chi connectivity index (χ1v) is 13.1. The van der Waals surface area contributed by atoms with Crippen LogP contribution in [0.3, 0.4) is 0 Å². The molecule has 0 fully saturated rings. The average molecular weight is 635 g/mol. The summed E-state index contributed by atoms with van der Waals surface area (Å²) in [4.78, 5) is 64.9. The van der Waals surface area contributed by atoms with Crippen LogP contribution in [-0.2, 0) is 27.8 Å². The first kappa shape index (κ1) is 31.9. The van der Waals surface area contributed by atoms with Crippen molar-refractivity contribution in [3.8, 4) is 5.69 Å². The summed E-state index contributed by atoms with van der Waals surface area (Å²) in [6.45, 7) is 0. The van der Waals surface area contributed by atoms with E-state index >= 15 is 0 Å². The molecule has 0 aliphatic heterocycles. The summed E-state index contributed by atoms with van der Waals surface area (Å²) in [6, 6.07) is 11.8. The molecule has 44 heavy (non-hydrogen) atoms. The van der Waals surface area contributed by atoms with E-state index in [-0.39, 0.29) is 21.7 Å². The monoisotopic (exact) mass is 634 g/mol. The molecule has 0 saturated heterocycles. The van der Waals surface area contributed by atoms with E-state index in [2.05, 4.69) is 10.1 Å². The number of ether oxygens (including phenoxy) is 1. The number of aromatic nitrogens is 2. The van der Waals surface area contributed by atoms with Crippen LogP contribution in [0, 0.1) is 5.82 Å². The highest BCUT2D eigenvalue weighted by Gasteiger charge is 2.43. The van der Waals surface area contributed by atoms with Crippen molar-refractivity contribution in [3.63, 3.8) is 0 Å². The largest absolute Gasteiger partial charge is 0.491 e. The molecule has 4 rings (SSSR count). The number of carbonyl (C=O) groups is 3. The highest BCUT2D eigenvalue weighted by Crippen LogP contribution is 2.21. The van der Waals surface area contributed by atoms with E-state index in [0.717, 1.165) is 16.3 Å². The molecule has 1 amide bonds. The number of amides is 1. The molecule has 4 aromatic rings. The normalized spacial score (nSPS) is 12.1. The van der Waals surface area contributed by atoms with Crippen molar-refractivity contribution in [2.45, 2.75) is 18.6 Å². The van der Waals surface area contributed by atoms with Crippen LogP contribution in [0.2, 0.25) is 5.02 Å². The topological polar surface area (TPSA) is 120 Å². The Kier molecular flexibility index (Phi) is 8.95. The van der Waals surface area contributed by atoms with Gasteiger partial charge in [0.1, 0.15) is 11.9 Å². The Morgan fingerprint density at radius 3 is 2.27 bits per heavy atom. The number of nitrogens with zero attached hydrogens (tertiary/aromatic N) is 3. The summed E-state index contributed by atoms with van der Waals surface area (Å²) in [5, 5.41) is 1.97. The number of carbonyl (C=O) groups excluding carboxylic acids is 3. The molecular formula is C29H23ClF4N4O6. The maximum atomic E-state index is 14.3. The Morgan fingerprint density at radius 2 is 1.68 bits per heavy atom. The molecule has 0 bridgehead atoms. The maximum Gasteiger partial charge on any atom is 0.491 e. The highest BCUT2D eigenvalue weighted by atomic mass is 35.5. The molecule has 0 radical (unpaired) electrons. The molecule has 0 saturated carbocycles. The number of alkyl halides is 3. The SMILES string of the molecule is CN(C)c1ccc2c(c1)c(=O)n(-c1ccc(C[C@H](NC(=O)c3c(F)cccc3Cl)C(=O)OC(=O)C(F)(F)F)cc1)c(=O)n2C. The third-order valence-electron chi connectivity index (χ3n) is 6.61. The minimum Gasteiger partial charge on any atom is -0.385 e. The number of benzene rings is 3. The lowest BCUT2D eigenvalue weighted by atomic mass is 10.0. The van der Waals surface area contributed by atoms with Gasteiger partial charge >= 0.3 is 23.8 Å². The number of aryl methyl sites for hydroxylation is 1. The fourth-order valence-electron chi connectivity index (χ4n) is 4.33. The lowest BCUT2D eigenvalue weighted by Gasteiger charge is -2.19. The zero-order valence-electron chi connectivity index (χ0n) is 23.2. The number of halogens is 5. The van der Waals surface area contributed by atoms with Crippen LogP contribution >= 0.6 is 11.6 Å². The number of hydrogen-bond donors (Lipinski definition) is 1. The number of anilines is 1. The Bertz CT molecular complexity index is 1880. The predicted octanol–water partition coefficient (Wildman–Crippen LogP) is 3.52. The second-order valence-electron chi connectivity index (χ2n) is 9.78. The molecule has 1 atom stereocenters. The molecule has 0 aliphatic rings. The second kappa shape index (κ2) is 12.3. The van der Waals surface area contributed by atoms with Gasteiger partial charge in [0.15, 0.2) is 0 Å². The molecule has 0 unspecified atom stereocenters. The van der Waals surface area contributed by atoms with Gasteiger partial charge in [-0.1, -0.05) is 29.8 Å². The summed E-state index contributed by atoms with van der Waals surface area (Å²) in [7, 11) is 5.07. The van der Waals surface area contributed by atoms with Crippen LogP contribution < -0.4 is 21.5 Å². The summed E-state index contributed by atoms with van der Waals surface area (Å²) in [6.07, 6.45) is -6.04. The lowest BCUT2D eigenvalue weighted by Crippen LogP contribution is -2.45. The first-order chi connectivity index (χ1) is 20.6. The van der Waals surface area contributed by atoms with Gasteiger partial charge in [0, 0.05) is 33.3 Å². The Morgan fingerprint density at radius 1 is 1.02 bits per heavy atom. The molecule has 1 heterocycles. The predicted molar refractivity (Wildman–Crippen MR) is 153 cm³/mol. The molecular weight excluding hydrogens is 612 g/mol. The standard InChI is InChI=1S/C29H23ClF4N4O6/c1-36(2)17-11-12-22-18(14-17)25(40)38(28(43)37(22)3)16-9-7-15(8-10-16)13-21(26(41)44-27(42)29(32,33)34)35-24(39)23-19(30)5-4-6-20(23)31/h4-12,14,21H,13H2,1-3H3,(H,35,39)/t21-/m0/s1. The number of esters is 2. The van der Waals surface area contributed by atoms with Gasteiger partial charge in [-0.3, -0.25) is 14.2 Å². The highest BCUT2D eigenvalue weighted by molar-refractivity contribution is 6.33. The van der Waals surface area contributed by atoms with E-state index in [1.54, 1.807) is 37.2 Å². The van der Waals surface area contributed by atoms with Crippen LogP contribution in [0.25, 0.3) is 16.6 Å². The summed E-state index contributed by atoms with van der Waals surface area (Å²) in [5.41, 5.74) is -0.501. The van der Waals surface area contributed by atoms with E-state index in [1.807, 2.05) is 0 Å². The zero-order chi connectivity index (χ0) is 32.5. The molecule has 1 N–H and O–H groups in total. The van der Waals surface area contributed by atoms with E-state index in [9.17, 15) is 41.5 Å². The van der Waals surface area contributed by atoms with Crippen molar-refractivity contribution >= 4 is 46.0 Å².